The Morgan fingerprint density at radius 1 is 1.35 bits per heavy atom. The third kappa shape index (κ3) is 3.61. The van der Waals surface area contributed by atoms with Crippen LogP contribution in [0.1, 0.15) is 10.4 Å². The lowest BCUT2D eigenvalue weighted by molar-refractivity contribution is -0.133. The summed E-state index contributed by atoms with van der Waals surface area (Å²) in [6.45, 7) is 2.35. The summed E-state index contributed by atoms with van der Waals surface area (Å²) < 4.78 is 5.19. The Balaban J connectivity index is 2.01. The van der Waals surface area contributed by atoms with Gasteiger partial charge in [0.2, 0.25) is 5.91 Å². The summed E-state index contributed by atoms with van der Waals surface area (Å²) in [4.78, 5) is 25.0. The summed E-state index contributed by atoms with van der Waals surface area (Å²) in [5.41, 5.74) is 6.05. The molecule has 1 fully saturated rings. The number of morpholine rings is 1. The summed E-state index contributed by atoms with van der Waals surface area (Å²) in [6.07, 6.45) is 0. The van der Waals surface area contributed by atoms with Crippen LogP contribution in [0.25, 0.3) is 0 Å². The standard InChI is InChI=1S/C13H16ClN3O3/c14-9-1-2-10(13(15)19)11(7-9)16-8-12(18)17-3-5-20-6-4-17/h1-2,7,16H,3-6,8H2,(H2,15,19). The number of nitrogens with zero attached hydrogens (tertiary/aromatic N) is 1. The number of rotatable bonds is 4. The molecule has 3 N–H and O–H groups in total. The van der Waals surface area contributed by atoms with Crippen molar-refractivity contribution in [2.24, 2.45) is 5.73 Å². The van der Waals surface area contributed by atoms with E-state index in [1.807, 2.05) is 0 Å². The van der Waals surface area contributed by atoms with Crippen LogP contribution in [-0.2, 0) is 9.53 Å². The lowest BCUT2D eigenvalue weighted by Crippen LogP contribution is -2.43. The SMILES string of the molecule is NC(=O)c1ccc(Cl)cc1NCC(=O)N1CCOCC1. The van der Waals surface area contributed by atoms with Crippen LogP contribution in [0.5, 0.6) is 0 Å². The van der Waals surface area contributed by atoms with Gasteiger partial charge >= 0.3 is 0 Å². The number of ether oxygens (including phenoxy) is 1. The van der Waals surface area contributed by atoms with Crippen molar-refractivity contribution in [1.82, 2.24) is 4.90 Å². The molecule has 7 heteroatoms. The average Bonchev–Trinajstić information content (AvgIpc) is 2.45. The predicted octanol–water partition coefficient (Wildman–Crippen LogP) is 0.710. The van der Waals surface area contributed by atoms with E-state index in [2.05, 4.69) is 5.32 Å². The molecule has 108 valence electrons. The van der Waals surface area contributed by atoms with Crippen LogP contribution in [0.15, 0.2) is 18.2 Å². The molecular weight excluding hydrogens is 282 g/mol. The number of halogens is 1. The van der Waals surface area contributed by atoms with Gasteiger partial charge in [-0.1, -0.05) is 11.6 Å². The van der Waals surface area contributed by atoms with E-state index in [1.54, 1.807) is 17.0 Å². The topological polar surface area (TPSA) is 84.7 Å². The van der Waals surface area contributed by atoms with E-state index in [0.29, 0.717) is 42.6 Å². The average molecular weight is 298 g/mol. The van der Waals surface area contributed by atoms with Crippen LogP contribution >= 0.6 is 11.6 Å². The Labute approximate surface area is 121 Å². The number of anilines is 1. The number of nitrogens with one attached hydrogen (secondary N) is 1. The second kappa shape index (κ2) is 6.58. The van der Waals surface area contributed by atoms with Crippen molar-refractivity contribution in [1.29, 1.82) is 0 Å². The monoisotopic (exact) mass is 297 g/mol. The first-order chi connectivity index (χ1) is 9.58. The van der Waals surface area contributed by atoms with Gasteiger partial charge in [-0.05, 0) is 18.2 Å². The van der Waals surface area contributed by atoms with Crippen molar-refractivity contribution < 1.29 is 14.3 Å². The lowest BCUT2D eigenvalue weighted by Gasteiger charge is -2.27. The van der Waals surface area contributed by atoms with Crippen molar-refractivity contribution in [2.75, 3.05) is 38.2 Å². The summed E-state index contributed by atoms with van der Waals surface area (Å²) >= 11 is 5.88. The molecule has 2 amide bonds. The predicted molar refractivity (Wildman–Crippen MR) is 75.9 cm³/mol. The van der Waals surface area contributed by atoms with Crippen molar-refractivity contribution in [3.8, 4) is 0 Å². The number of amides is 2. The molecule has 0 atom stereocenters. The molecule has 6 nitrogen and oxygen atoms in total. The number of hydrogen-bond acceptors (Lipinski definition) is 4. The van der Waals surface area contributed by atoms with Crippen LogP contribution in [0, 0.1) is 0 Å². The lowest BCUT2D eigenvalue weighted by atomic mass is 10.1. The largest absolute Gasteiger partial charge is 0.378 e. The number of nitrogens with two attached hydrogens (primary N) is 1. The molecule has 0 aliphatic carbocycles. The highest BCUT2D eigenvalue weighted by atomic mass is 35.5. The van der Waals surface area contributed by atoms with Gasteiger partial charge in [0.05, 0.1) is 25.3 Å². The molecule has 0 radical (unpaired) electrons. The molecule has 1 aromatic rings. The highest BCUT2D eigenvalue weighted by molar-refractivity contribution is 6.31. The highest BCUT2D eigenvalue weighted by Crippen LogP contribution is 2.20. The number of benzene rings is 1. The fourth-order valence-electron chi connectivity index (χ4n) is 1.97. The van der Waals surface area contributed by atoms with Gasteiger partial charge in [-0.2, -0.15) is 0 Å². The Kier molecular flexibility index (Phi) is 4.81. The second-order valence-electron chi connectivity index (χ2n) is 4.40. The minimum absolute atomic E-state index is 0.0521. The van der Waals surface area contributed by atoms with Crippen molar-refractivity contribution in [3.63, 3.8) is 0 Å². The maximum absolute atomic E-state index is 12.0. The van der Waals surface area contributed by atoms with Crippen molar-refractivity contribution in [2.45, 2.75) is 0 Å². The third-order valence-electron chi connectivity index (χ3n) is 3.04. The van der Waals surface area contributed by atoms with Crippen LogP contribution in [0.2, 0.25) is 5.02 Å². The molecule has 0 spiro atoms. The normalized spacial score (nSPS) is 14.9. The summed E-state index contributed by atoms with van der Waals surface area (Å²) in [5, 5.41) is 3.38. The second-order valence-corrected chi connectivity index (χ2v) is 4.84. The summed E-state index contributed by atoms with van der Waals surface area (Å²) in [7, 11) is 0. The Hall–Kier alpha value is -1.79. The Bertz CT molecular complexity index is 516. The zero-order valence-electron chi connectivity index (χ0n) is 10.9. The van der Waals surface area contributed by atoms with Gasteiger partial charge in [0, 0.05) is 23.8 Å². The molecule has 1 heterocycles. The molecule has 20 heavy (non-hydrogen) atoms. The molecule has 0 unspecified atom stereocenters. The molecule has 1 saturated heterocycles. The first-order valence-electron chi connectivity index (χ1n) is 6.26. The third-order valence-corrected chi connectivity index (χ3v) is 3.28. The first-order valence-corrected chi connectivity index (χ1v) is 6.64. The quantitative estimate of drug-likeness (QED) is 0.857. The smallest absolute Gasteiger partial charge is 0.250 e. The van der Waals surface area contributed by atoms with Crippen LogP contribution < -0.4 is 11.1 Å². The van der Waals surface area contributed by atoms with Crippen LogP contribution in [0.3, 0.4) is 0 Å². The summed E-state index contributed by atoms with van der Waals surface area (Å²) in [6, 6.07) is 4.69. The molecule has 2 rings (SSSR count). The summed E-state index contributed by atoms with van der Waals surface area (Å²) in [5.74, 6) is -0.619. The maximum Gasteiger partial charge on any atom is 0.250 e. The molecule has 0 aromatic heterocycles. The fraction of sp³-hybridized carbons (Fsp3) is 0.385. The minimum atomic E-state index is -0.567. The van der Waals surface area contributed by atoms with E-state index in [1.165, 1.54) is 6.07 Å². The molecule has 1 aromatic carbocycles. The zero-order valence-corrected chi connectivity index (χ0v) is 11.7. The van der Waals surface area contributed by atoms with Gasteiger partial charge in [-0.3, -0.25) is 9.59 Å². The van der Waals surface area contributed by atoms with E-state index >= 15 is 0 Å². The zero-order chi connectivity index (χ0) is 14.5. The van der Waals surface area contributed by atoms with Gasteiger partial charge in [-0.25, -0.2) is 0 Å². The number of carbonyl (C=O) groups is 2. The van der Waals surface area contributed by atoms with Gasteiger partial charge < -0.3 is 20.7 Å². The fourth-order valence-corrected chi connectivity index (χ4v) is 2.15. The molecule has 0 bridgehead atoms. The number of primary amides is 1. The number of hydrogen-bond donors (Lipinski definition) is 2. The van der Waals surface area contributed by atoms with Crippen molar-refractivity contribution >= 4 is 29.1 Å². The Morgan fingerprint density at radius 3 is 2.70 bits per heavy atom. The van der Waals surface area contributed by atoms with E-state index in [4.69, 9.17) is 22.1 Å². The highest BCUT2D eigenvalue weighted by Gasteiger charge is 2.17. The Morgan fingerprint density at radius 2 is 2.05 bits per heavy atom. The molecule has 1 aliphatic heterocycles. The minimum Gasteiger partial charge on any atom is -0.378 e. The van der Waals surface area contributed by atoms with Gasteiger partial charge in [0.1, 0.15) is 0 Å². The van der Waals surface area contributed by atoms with E-state index in [0.717, 1.165) is 0 Å². The van der Waals surface area contributed by atoms with E-state index in [-0.39, 0.29) is 12.5 Å². The first kappa shape index (κ1) is 14.6. The van der Waals surface area contributed by atoms with Gasteiger partial charge in [0.25, 0.3) is 5.91 Å². The van der Waals surface area contributed by atoms with E-state index in [9.17, 15) is 9.59 Å². The number of carbonyl (C=O) groups excluding carboxylic acids is 2. The van der Waals surface area contributed by atoms with Gasteiger partial charge in [0.15, 0.2) is 0 Å². The van der Waals surface area contributed by atoms with Gasteiger partial charge in [-0.15, -0.1) is 0 Å². The van der Waals surface area contributed by atoms with E-state index < -0.39 is 5.91 Å². The van der Waals surface area contributed by atoms with Crippen LogP contribution in [0.4, 0.5) is 5.69 Å². The molecule has 0 saturated carbocycles. The molecular formula is C13H16ClN3O3. The van der Waals surface area contributed by atoms with Crippen LogP contribution in [-0.4, -0.2) is 49.6 Å². The molecule has 1 aliphatic rings. The maximum atomic E-state index is 12.0. The van der Waals surface area contributed by atoms with Crippen molar-refractivity contribution in [3.05, 3.63) is 28.8 Å².